The van der Waals surface area contributed by atoms with Crippen LogP contribution in [0, 0.1) is 6.92 Å². The van der Waals surface area contributed by atoms with E-state index < -0.39 is 0 Å². The van der Waals surface area contributed by atoms with E-state index in [1.165, 1.54) is 11.1 Å². The lowest BCUT2D eigenvalue weighted by Crippen LogP contribution is -2.36. The molecule has 1 aliphatic carbocycles. The lowest BCUT2D eigenvalue weighted by molar-refractivity contribution is -0.138. The lowest BCUT2D eigenvalue weighted by atomic mass is 9.73. The van der Waals surface area contributed by atoms with Gasteiger partial charge >= 0.3 is 5.97 Å². The Morgan fingerprint density at radius 1 is 1.38 bits per heavy atom. The number of aryl methyl sites for hydroxylation is 1. The minimum Gasteiger partial charge on any atom is -0.489 e. The van der Waals surface area contributed by atoms with Crippen LogP contribution in [-0.4, -0.2) is 43.2 Å². The van der Waals surface area contributed by atoms with Crippen molar-refractivity contribution < 1.29 is 14.3 Å². The molecule has 0 aromatic heterocycles. The van der Waals surface area contributed by atoms with Gasteiger partial charge in [-0.05, 0) is 38.6 Å². The van der Waals surface area contributed by atoms with E-state index in [9.17, 15) is 4.79 Å². The Kier molecular flexibility index (Phi) is 5.52. The summed E-state index contributed by atoms with van der Waals surface area (Å²) in [6.07, 6.45) is 6.56. The molecule has 4 heteroatoms. The molecule has 1 heterocycles. The van der Waals surface area contributed by atoms with Gasteiger partial charge in [0.2, 0.25) is 0 Å². The second-order valence-electron chi connectivity index (χ2n) is 7.34. The van der Waals surface area contributed by atoms with Gasteiger partial charge in [0.05, 0.1) is 5.41 Å². The Morgan fingerprint density at radius 3 is 2.88 bits per heavy atom. The first-order chi connectivity index (χ1) is 12.5. The van der Waals surface area contributed by atoms with Crippen LogP contribution in [0.1, 0.15) is 38.3 Å². The molecule has 26 heavy (non-hydrogen) atoms. The van der Waals surface area contributed by atoms with Crippen molar-refractivity contribution in [2.75, 3.05) is 26.2 Å². The van der Waals surface area contributed by atoms with Crippen molar-refractivity contribution in [2.24, 2.45) is 0 Å². The first kappa shape index (κ1) is 18.7. The number of likely N-dealkylation sites (N-methyl/N-ethyl adjacent to an activating group) is 1. The number of hydrogen-bond acceptors (Lipinski definition) is 4. The molecule has 2 aliphatic rings. The number of carbonyl (C=O) groups is 1. The van der Waals surface area contributed by atoms with E-state index in [1.807, 2.05) is 12.1 Å². The summed E-state index contributed by atoms with van der Waals surface area (Å²) < 4.78 is 11.5. The lowest BCUT2D eigenvalue weighted by Gasteiger charge is -2.31. The van der Waals surface area contributed by atoms with Crippen LogP contribution in [0.2, 0.25) is 0 Å². The van der Waals surface area contributed by atoms with Crippen molar-refractivity contribution in [1.29, 1.82) is 0 Å². The molecular formula is C22H29NO3. The SMILES string of the molecule is CCN(CC)CCOC(=O)/C=C1\C=CC2(C)c3cc(C)ccc3OC2C1. The van der Waals surface area contributed by atoms with Crippen molar-refractivity contribution in [3.8, 4) is 5.75 Å². The van der Waals surface area contributed by atoms with E-state index >= 15 is 0 Å². The van der Waals surface area contributed by atoms with E-state index in [4.69, 9.17) is 9.47 Å². The number of allylic oxidation sites excluding steroid dienone is 1. The molecule has 0 saturated heterocycles. The highest BCUT2D eigenvalue weighted by Gasteiger charge is 2.45. The highest BCUT2D eigenvalue weighted by Crippen LogP contribution is 2.48. The van der Waals surface area contributed by atoms with Gasteiger partial charge in [0.15, 0.2) is 0 Å². The zero-order valence-electron chi connectivity index (χ0n) is 16.2. The molecule has 0 fully saturated rings. The first-order valence-corrected chi connectivity index (χ1v) is 9.53. The van der Waals surface area contributed by atoms with Gasteiger partial charge in [-0.1, -0.05) is 43.7 Å². The Morgan fingerprint density at radius 2 is 2.15 bits per heavy atom. The number of benzene rings is 1. The first-order valence-electron chi connectivity index (χ1n) is 9.53. The van der Waals surface area contributed by atoms with E-state index in [1.54, 1.807) is 6.08 Å². The zero-order valence-corrected chi connectivity index (χ0v) is 16.2. The summed E-state index contributed by atoms with van der Waals surface area (Å²) in [4.78, 5) is 14.3. The van der Waals surface area contributed by atoms with E-state index in [-0.39, 0.29) is 17.5 Å². The van der Waals surface area contributed by atoms with Crippen LogP contribution in [0.15, 0.2) is 42.0 Å². The number of carbonyl (C=O) groups excluding carboxylic acids is 1. The number of fused-ring (bicyclic) bond motifs is 3. The van der Waals surface area contributed by atoms with Crippen molar-refractivity contribution in [3.05, 3.63) is 53.1 Å². The Bertz CT molecular complexity index is 733. The summed E-state index contributed by atoms with van der Waals surface area (Å²) in [6, 6.07) is 6.33. The fourth-order valence-corrected chi connectivity index (χ4v) is 3.74. The maximum Gasteiger partial charge on any atom is 0.331 e. The molecule has 3 rings (SSSR count). The van der Waals surface area contributed by atoms with Gasteiger partial charge in [0.1, 0.15) is 18.5 Å². The zero-order chi connectivity index (χ0) is 18.7. The van der Waals surface area contributed by atoms with Gasteiger partial charge in [-0.15, -0.1) is 0 Å². The summed E-state index contributed by atoms with van der Waals surface area (Å²) in [5.41, 5.74) is 3.30. The molecule has 0 bridgehead atoms. The van der Waals surface area contributed by atoms with Crippen molar-refractivity contribution in [1.82, 2.24) is 4.90 Å². The largest absolute Gasteiger partial charge is 0.489 e. The summed E-state index contributed by atoms with van der Waals surface area (Å²) in [6.45, 7) is 11.7. The third kappa shape index (κ3) is 3.70. The van der Waals surface area contributed by atoms with Gasteiger partial charge in [0.25, 0.3) is 0 Å². The molecule has 2 atom stereocenters. The van der Waals surface area contributed by atoms with Crippen molar-refractivity contribution >= 4 is 5.97 Å². The van der Waals surface area contributed by atoms with Crippen LogP contribution in [0.4, 0.5) is 0 Å². The normalized spacial score (nSPS) is 25.1. The smallest absolute Gasteiger partial charge is 0.331 e. The van der Waals surface area contributed by atoms with Crippen LogP contribution in [0.5, 0.6) is 5.75 Å². The quantitative estimate of drug-likeness (QED) is 0.575. The summed E-state index contributed by atoms with van der Waals surface area (Å²) in [5.74, 6) is 0.683. The molecule has 0 N–H and O–H groups in total. The Hall–Kier alpha value is -2.07. The van der Waals surface area contributed by atoms with E-state index in [0.717, 1.165) is 31.0 Å². The van der Waals surface area contributed by atoms with Gasteiger partial charge < -0.3 is 14.4 Å². The number of rotatable bonds is 6. The molecular weight excluding hydrogens is 326 g/mol. The predicted molar refractivity (Wildman–Crippen MR) is 104 cm³/mol. The molecule has 0 amide bonds. The highest BCUT2D eigenvalue weighted by molar-refractivity contribution is 5.83. The van der Waals surface area contributed by atoms with Crippen LogP contribution >= 0.6 is 0 Å². The average molecular weight is 355 g/mol. The predicted octanol–water partition coefficient (Wildman–Crippen LogP) is 3.79. The van der Waals surface area contributed by atoms with Crippen LogP contribution in [0.3, 0.4) is 0 Å². The fraction of sp³-hybridized carbons (Fsp3) is 0.500. The van der Waals surface area contributed by atoms with Crippen LogP contribution < -0.4 is 4.74 Å². The molecule has 0 spiro atoms. The van der Waals surface area contributed by atoms with Crippen molar-refractivity contribution in [3.63, 3.8) is 0 Å². The van der Waals surface area contributed by atoms with Gasteiger partial charge in [-0.2, -0.15) is 0 Å². The molecule has 1 aliphatic heterocycles. The molecule has 1 aromatic rings. The maximum absolute atomic E-state index is 12.1. The second kappa shape index (κ2) is 7.67. The number of nitrogens with zero attached hydrogens (tertiary/aromatic N) is 1. The third-order valence-corrected chi connectivity index (χ3v) is 5.57. The minimum atomic E-state index is -0.272. The monoisotopic (exact) mass is 355 g/mol. The number of hydrogen-bond donors (Lipinski definition) is 0. The average Bonchev–Trinajstić information content (AvgIpc) is 2.91. The van der Waals surface area contributed by atoms with Crippen LogP contribution in [0.25, 0.3) is 0 Å². The minimum absolute atomic E-state index is 0.0269. The molecule has 140 valence electrons. The summed E-state index contributed by atoms with van der Waals surface area (Å²) in [7, 11) is 0. The molecule has 4 nitrogen and oxygen atoms in total. The van der Waals surface area contributed by atoms with Gasteiger partial charge in [-0.3, -0.25) is 0 Å². The molecule has 0 saturated carbocycles. The standard InChI is InChI=1S/C22H29NO3/c1-5-23(6-2)11-12-25-21(24)15-17-9-10-22(4)18-13-16(3)7-8-19(18)26-20(22)14-17/h7-10,13,15,20H,5-6,11-12,14H2,1-4H3/b17-15+. The Balaban J connectivity index is 1.64. The molecule has 0 radical (unpaired) electrons. The number of ether oxygens (including phenoxy) is 2. The van der Waals surface area contributed by atoms with E-state index in [0.29, 0.717) is 13.0 Å². The van der Waals surface area contributed by atoms with E-state index in [2.05, 4.69) is 50.8 Å². The summed E-state index contributed by atoms with van der Waals surface area (Å²) in [5, 5.41) is 0. The fourth-order valence-electron chi connectivity index (χ4n) is 3.74. The Labute approximate surface area is 156 Å². The number of esters is 1. The van der Waals surface area contributed by atoms with Gasteiger partial charge in [-0.25, -0.2) is 4.79 Å². The molecule has 2 unspecified atom stereocenters. The third-order valence-electron chi connectivity index (χ3n) is 5.57. The topological polar surface area (TPSA) is 38.8 Å². The summed E-state index contributed by atoms with van der Waals surface area (Å²) >= 11 is 0. The van der Waals surface area contributed by atoms with Crippen molar-refractivity contribution in [2.45, 2.75) is 45.6 Å². The van der Waals surface area contributed by atoms with Gasteiger partial charge in [0, 0.05) is 24.6 Å². The highest BCUT2D eigenvalue weighted by atomic mass is 16.5. The molecule has 1 aromatic carbocycles. The second-order valence-corrected chi connectivity index (χ2v) is 7.34. The maximum atomic E-state index is 12.1. The van der Waals surface area contributed by atoms with Crippen LogP contribution in [-0.2, 0) is 14.9 Å².